The molecule has 0 atom stereocenters. The topological polar surface area (TPSA) is 37.3 Å². The van der Waals surface area contributed by atoms with E-state index in [2.05, 4.69) is 6.58 Å². The molecule has 0 aliphatic carbocycles. The van der Waals surface area contributed by atoms with Crippen LogP contribution in [0.25, 0.3) is 0 Å². The molecule has 2 nitrogen and oxygen atoms in total. The summed E-state index contributed by atoms with van der Waals surface area (Å²) in [5.74, 6) is -0.434. The predicted octanol–water partition coefficient (Wildman–Crippen LogP) is 2.41. The summed E-state index contributed by atoms with van der Waals surface area (Å²) in [4.78, 5) is 11.0. The van der Waals surface area contributed by atoms with Crippen LogP contribution in [0.4, 0.5) is 0 Å². The molecule has 0 bridgehead atoms. The molecule has 1 aromatic rings. The van der Waals surface area contributed by atoms with E-state index in [1.807, 2.05) is 0 Å². The van der Waals surface area contributed by atoms with Gasteiger partial charge in [-0.05, 0) is 24.3 Å². The summed E-state index contributed by atoms with van der Waals surface area (Å²) in [5, 5.41) is 9.64. The Balaban J connectivity index is 3.18. The lowest BCUT2D eigenvalue weighted by atomic mass is 10.1. The molecule has 12 heavy (non-hydrogen) atoms. The molecule has 0 spiro atoms. The molecule has 1 rings (SSSR count). The van der Waals surface area contributed by atoms with Gasteiger partial charge in [-0.15, -0.1) is 0 Å². The quantitative estimate of drug-likeness (QED) is 0.564. The fourth-order valence-corrected chi connectivity index (χ4v) is 0.989. The predicted molar refractivity (Wildman–Crippen MR) is 47.6 cm³/mol. The van der Waals surface area contributed by atoms with Crippen molar-refractivity contribution in [3.05, 3.63) is 41.4 Å². The molecule has 0 aliphatic rings. The molecule has 1 aromatic carbocycles. The molecular weight excluding hydrogens is 176 g/mol. The van der Waals surface area contributed by atoms with Crippen LogP contribution in [0.5, 0.6) is 5.75 Å². The first kappa shape index (κ1) is 8.81. The van der Waals surface area contributed by atoms with Crippen LogP contribution in [-0.2, 0) is 0 Å². The number of halogens is 1. The van der Waals surface area contributed by atoms with Crippen molar-refractivity contribution in [3.8, 4) is 5.75 Å². The Hall–Kier alpha value is -1.28. The van der Waals surface area contributed by atoms with Crippen molar-refractivity contribution in [2.45, 2.75) is 0 Å². The van der Waals surface area contributed by atoms with Crippen LogP contribution in [0.2, 0.25) is 5.02 Å². The second-order valence-corrected chi connectivity index (χ2v) is 2.67. The second kappa shape index (κ2) is 3.41. The SMILES string of the molecule is C=CC(=O)c1ccc(Cl)cc1O. The standard InChI is InChI=1S/C9H7ClO2/c1-2-8(11)7-4-3-6(10)5-9(7)12/h2-5,12H,1H2. The second-order valence-electron chi connectivity index (χ2n) is 2.23. The zero-order valence-electron chi connectivity index (χ0n) is 6.25. The molecule has 0 fully saturated rings. The molecule has 0 aromatic heterocycles. The van der Waals surface area contributed by atoms with Crippen LogP contribution in [0.3, 0.4) is 0 Å². The molecule has 0 aliphatic heterocycles. The number of aromatic hydroxyl groups is 1. The Kier molecular flexibility index (Phi) is 2.51. The Morgan fingerprint density at radius 1 is 1.58 bits per heavy atom. The molecule has 1 N–H and O–H groups in total. The number of allylic oxidation sites excluding steroid dienone is 1. The van der Waals surface area contributed by atoms with Crippen molar-refractivity contribution in [2.24, 2.45) is 0 Å². The fourth-order valence-electron chi connectivity index (χ4n) is 0.823. The van der Waals surface area contributed by atoms with E-state index in [-0.39, 0.29) is 17.1 Å². The smallest absolute Gasteiger partial charge is 0.188 e. The maximum atomic E-state index is 11.0. The first-order chi connectivity index (χ1) is 5.65. The third-order valence-electron chi connectivity index (χ3n) is 1.41. The largest absolute Gasteiger partial charge is 0.507 e. The number of benzene rings is 1. The highest BCUT2D eigenvalue weighted by Crippen LogP contribution is 2.22. The van der Waals surface area contributed by atoms with Crippen molar-refractivity contribution in [1.29, 1.82) is 0 Å². The van der Waals surface area contributed by atoms with Crippen LogP contribution in [-0.4, -0.2) is 10.9 Å². The van der Waals surface area contributed by atoms with Crippen molar-refractivity contribution in [1.82, 2.24) is 0 Å². The third kappa shape index (κ3) is 1.66. The lowest BCUT2D eigenvalue weighted by molar-refractivity contribution is 0.104. The van der Waals surface area contributed by atoms with E-state index in [1.54, 1.807) is 0 Å². The highest BCUT2D eigenvalue weighted by Gasteiger charge is 2.06. The lowest BCUT2D eigenvalue weighted by Crippen LogP contribution is -1.93. The molecule has 0 saturated heterocycles. The van der Waals surface area contributed by atoms with Gasteiger partial charge < -0.3 is 5.11 Å². The summed E-state index contributed by atoms with van der Waals surface area (Å²) < 4.78 is 0. The number of hydrogen-bond donors (Lipinski definition) is 1. The summed E-state index contributed by atoms with van der Waals surface area (Å²) in [7, 11) is 0. The minimum Gasteiger partial charge on any atom is -0.507 e. The van der Waals surface area contributed by atoms with Gasteiger partial charge >= 0.3 is 0 Å². The lowest BCUT2D eigenvalue weighted by Gasteiger charge is -1.99. The highest BCUT2D eigenvalue weighted by atomic mass is 35.5. The van der Waals surface area contributed by atoms with E-state index in [4.69, 9.17) is 11.6 Å². The van der Waals surface area contributed by atoms with Gasteiger partial charge in [-0.25, -0.2) is 0 Å². The van der Waals surface area contributed by atoms with Crippen molar-refractivity contribution < 1.29 is 9.90 Å². The third-order valence-corrected chi connectivity index (χ3v) is 1.65. The van der Waals surface area contributed by atoms with E-state index in [1.165, 1.54) is 18.2 Å². The van der Waals surface area contributed by atoms with Gasteiger partial charge in [0.25, 0.3) is 0 Å². The molecule has 0 amide bonds. The number of carbonyl (C=O) groups excluding carboxylic acids is 1. The van der Waals surface area contributed by atoms with Gasteiger partial charge in [0.1, 0.15) is 5.75 Å². The molecule has 0 heterocycles. The average Bonchev–Trinajstić information content (AvgIpc) is 2.03. The van der Waals surface area contributed by atoms with Crippen molar-refractivity contribution >= 4 is 17.4 Å². The minimum atomic E-state index is -0.316. The van der Waals surface area contributed by atoms with Gasteiger partial charge in [0.15, 0.2) is 5.78 Å². The number of phenolic OH excluding ortho intramolecular Hbond substituents is 1. The Morgan fingerprint density at radius 2 is 2.25 bits per heavy atom. The van der Waals surface area contributed by atoms with E-state index in [9.17, 15) is 9.90 Å². The Morgan fingerprint density at radius 3 is 2.75 bits per heavy atom. The average molecular weight is 183 g/mol. The molecular formula is C9H7ClO2. The molecule has 3 heteroatoms. The summed E-state index contributed by atoms with van der Waals surface area (Å²) in [6, 6.07) is 4.32. The van der Waals surface area contributed by atoms with Crippen LogP contribution in [0, 0.1) is 0 Å². The molecule has 62 valence electrons. The van der Waals surface area contributed by atoms with Gasteiger partial charge in [-0.2, -0.15) is 0 Å². The fraction of sp³-hybridized carbons (Fsp3) is 0. The van der Waals surface area contributed by atoms with E-state index >= 15 is 0 Å². The van der Waals surface area contributed by atoms with Gasteiger partial charge in [-0.3, -0.25) is 4.79 Å². The summed E-state index contributed by atoms with van der Waals surface area (Å²) >= 11 is 5.57. The zero-order chi connectivity index (χ0) is 9.14. The van der Waals surface area contributed by atoms with Crippen LogP contribution in [0.15, 0.2) is 30.9 Å². The normalized spacial score (nSPS) is 9.42. The van der Waals surface area contributed by atoms with Crippen LogP contribution >= 0.6 is 11.6 Å². The molecule has 0 radical (unpaired) electrons. The van der Waals surface area contributed by atoms with Gasteiger partial charge in [-0.1, -0.05) is 18.2 Å². The van der Waals surface area contributed by atoms with Gasteiger partial charge in [0, 0.05) is 5.02 Å². The van der Waals surface area contributed by atoms with E-state index in [0.717, 1.165) is 6.08 Å². The number of carbonyl (C=O) groups is 1. The number of rotatable bonds is 2. The van der Waals surface area contributed by atoms with Crippen LogP contribution in [0.1, 0.15) is 10.4 Å². The van der Waals surface area contributed by atoms with E-state index in [0.29, 0.717) is 5.02 Å². The van der Waals surface area contributed by atoms with Crippen LogP contribution < -0.4 is 0 Å². The first-order valence-corrected chi connectivity index (χ1v) is 3.68. The number of ketones is 1. The zero-order valence-corrected chi connectivity index (χ0v) is 7.01. The molecule has 0 saturated carbocycles. The van der Waals surface area contributed by atoms with E-state index < -0.39 is 0 Å². The van der Waals surface area contributed by atoms with Crippen molar-refractivity contribution in [2.75, 3.05) is 0 Å². The summed E-state index contributed by atoms with van der Waals surface area (Å²) in [6.45, 7) is 3.31. The minimum absolute atomic E-state index is 0.118. The maximum absolute atomic E-state index is 11.0. The number of phenols is 1. The van der Waals surface area contributed by atoms with Crippen molar-refractivity contribution in [3.63, 3.8) is 0 Å². The summed E-state index contributed by atoms with van der Waals surface area (Å²) in [5.41, 5.74) is 0.217. The maximum Gasteiger partial charge on any atom is 0.188 e. The Labute approximate surface area is 75.1 Å². The number of hydrogen-bond acceptors (Lipinski definition) is 2. The highest BCUT2D eigenvalue weighted by molar-refractivity contribution is 6.30. The molecule has 0 unspecified atom stereocenters. The van der Waals surface area contributed by atoms with Gasteiger partial charge in [0.2, 0.25) is 0 Å². The monoisotopic (exact) mass is 182 g/mol. The first-order valence-electron chi connectivity index (χ1n) is 3.30. The Bertz CT molecular complexity index is 331. The van der Waals surface area contributed by atoms with Gasteiger partial charge in [0.05, 0.1) is 5.56 Å². The summed E-state index contributed by atoms with van der Waals surface area (Å²) in [6.07, 6.45) is 1.14.